The summed E-state index contributed by atoms with van der Waals surface area (Å²) in [5.41, 5.74) is 26.0. The van der Waals surface area contributed by atoms with Crippen molar-refractivity contribution < 1.29 is 28.4 Å². The molecule has 0 saturated heterocycles. The average molecular weight is 1690 g/mol. The van der Waals surface area contributed by atoms with Gasteiger partial charge in [-0.05, 0) is 183 Å². The number of rotatable bonds is 13. The van der Waals surface area contributed by atoms with Gasteiger partial charge in [0.25, 0.3) is 0 Å². The molecular weight excluding hydrogens is 1610 g/mol. The number of nitrogens with zero attached hydrogens (tertiary/aromatic N) is 8. The van der Waals surface area contributed by atoms with Gasteiger partial charge in [-0.3, -0.25) is 4.98 Å². The molecule has 0 atom stereocenters. The topological polar surface area (TPSA) is 114 Å². The predicted octanol–water partition coefficient (Wildman–Crippen LogP) is 27.8. The van der Waals surface area contributed by atoms with Gasteiger partial charge in [-0.2, -0.15) is 0 Å². The molecule has 5 aromatic heterocycles. The molecule has 8 bridgehead atoms. The number of pyridine rings is 2. The molecule has 0 saturated carbocycles. The van der Waals surface area contributed by atoms with Crippen LogP contribution in [-0.4, -0.2) is 52.4 Å². The van der Waals surface area contributed by atoms with E-state index >= 15 is 0 Å². The Hall–Kier alpha value is -14.9. The molecule has 125 heavy (non-hydrogen) atoms. The van der Waals surface area contributed by atoms with E-state index in [1.807, 2.05) is 91.9 Å². The van der Waals surface area contributed by atoms with Crippen molar-refractivity contribution in [3.8, 4) is 84.5 Å². The van der Waals surface area contributed by atoms with Gasteiger partial charge in [0.05, 0.1) is 39.9 Å². The van der Waals surface area contributed by atoms with E-state index in [0.717, 1.165) is 168 Å². The second-order valence-corrected chi connectivity index (χ2v) is 31.2. The SMILES string of the molecule is Cc1ccc2cccc([O][Al][O]c3ccc(-c4ccccc4)cc3)c2n1.[AlH][O]c1cccc2cccnc12.[Cu+2].c1ccc(N(c2ccc(-c3ccc(N(c4ccccc4)c4cccc5ccccc45)cc3)cc2)c2cccc3ccccc23)cc1.c1ccc2c(c1)-c1cc3[n-]c(cc4nc(cc5[n-]c(cc-2n1)c1ccccc51)-c1ccccc1-4)c1ccccc31. The Labute approximate surface area is 749 Å². The zero-order valence-electron chi connectivity index (χ0n) is 68.0. The van der Waals surface area contributed by atoms with Gasteiger partial charge in [0.1, 0.15) is 22.5 Å². The number of benzene rings is 16. The fourth-order valence-corrected chi connectivity index (χ4v) is 17.4. The molecule has 0 fully saturated rings. The monoisotopic (exact) mass is 1690 g/mol. The minimum Gasteiger partial charge on any atom is -0.657 e. The smallest absolute Gasteiger partial charge is 0.657 e. The van der Waals surface area contributed by atoms with Crippen molar-refractivity contribution in [2.24, 2.45) is 0 Å². The van der Waals surface area contributed by atoms with Crippen molar-refractivity contribution in [1.82, 2.24) is 29.9 Å². The number of hydrogen-bond acceptors (Lipinski definition) is 9. The molecular formula is C111H76Al2CuN8O3. The van der Waals surface area contributed by atoms with Crippen LogP contribution in [0.15, 0.2) is 437 Å². The number of hydrogen-bond donors (Lipinski definition) is 0. The van der Waals surface area contributed by atoms with Gasteiger partial charge < -0.3 is 31.1 Å². The van der Waals surface area contributed by atoms with Crippen molar-refractivity contribution in [3.05, 3.63) is 443 Å². The van der Waals surface area contributed by atoms with Gasteiger partial charge in [-0.1, -0.05) is 309 Å². The number of aromatic nitrogens is 6. The van der Waals surface area contributed by atoms with E-state index < -0.39 is 15.9 Å². The van der Waals surface area contributed by atoms with Crippen LogP contribution in [0, 0.1) is 6.92 Å². The van der Waals surface area contributed by atoms with Crippen molar-refractivity contribution >= 4 is 154 Å². The van der Waals surface area contributed by atoms with Gasteiger partial charge in [0, 0.05) is 78.4 Å². The molecule has 21 aromatic rings. The van der Waals surface area contributed by atoms with Crippen LogP contribution in [0.4, 0.5) is 34.1 Å². The summed E-state index contributed by atoms with van der Waals surface area (Å²) in [5.74, 6) is 2.41. The van der Waals surface area contributed by atoms with Crippen LogP contribution in [-0.2, 0) is 17.1 Å². The molecule has 0 spiro atoms. The molecule has 595 valence electrons. The van der Waals surface area contributed by atoms with E-state index in [1.54, 1.807) is 6.20 Å². The summed E-state index contributed by atoms with van der Waals surface area (Å²) in [6.07, 6.45) is 1.77. The van der Waals surface area contributed by atoms with E-state index in [9.17, 15) is 0 Å². The maximum absolute atomic E-state index is 5.89. The quantitative estimate of drug-likeness (QED) is 0.103. The minimum absolute atomic E-state index is 0. The van der Waals surface area contributed by atoms with Gasteiger partial charge >= 0.3 is 49.6 Å². The first-order valence-electron chi connectivity index (χ1n) is 41.2. The van der Waals surface area contributed by atoms with Gasteiger partial charge in [0.2, 0.25) is 0 Å². The number of anilines is 6. The Morgan fingerprint density at radius 1 is 0.280 bits per heavy atom. The first-order chi connectivity index (χ1) is 61.3. The van der Waals surface area contributed by atoms with E-state index in [0.29, 0.717) is 0 Å². The second kappa shape index (κ2) is 36.4. The van der Waals surface area contributed by atoms with Crippen LogP contribution < -0.4 is 31.1 Å². The second-order valence-electron chi connectivity index (χ2n) is 30.2. The first-order valence-corrected chi connectivity index (χ1v) is 42.8. The summed E-state index contributed by atoms with van der Waals surface area (Å²) in [5, 5.41) is 11.5. The Balaban J connectivity index is 0.000000118. The molecule has 0 N–H and O–H groups in total. The third kappa shape index (κ3) is 16.8. The molecule has 23 rings (SSSR count). The van der Waals surface area contributed by atoms with Gasteiger partial charge in [-0.15, -0.1) is 22.1 Å². The molecule has 0 amide bonds. The summed E-state index contributed by atoms with van der Waals surface area (Å²) >= 11 is 0.801. The van der Waals surface area contributed by atoms with Crippen LogP contribution in [0.3, 0.4) is 0 Å². The standard InChI is InChI=1S/C44H32N2.C36H20N4.C12H10O.C10H9NO.C9H7NO.2Al.Cu.H/c1-3-17-37(18-4-1)45(43-23-11-15-35-13-7-9-21-41(35)43)39-29-25-33(26-30-39)34-27-31-40(32-28-34)46(38-19-5-2-6-20-38)44-24-12-16-36-14-8-10-22-42(36)44;1-2-10-22-21(9-1)29-17-31-23-11-3-4-12-24(23)33(38-31)19-35-27-15-7-8-16-28(27)36(40-35)20-34-26-14-6-5-13-25(26)32(39-34)18-30(22)37-29;13-12-8-6-11(7-9-12)10-4-2-1-3-5-10;1-7-5-6-8-3-2-4-9(12)10(8)11-7;11-8-5-1-3-7-4-2-6-10-9(7)8;;;;/h1-32H;1-20H;1-9,13H;2-6,12H,1H3;1-6,11H;;;;/q;-2;;;;+1;2*+2;/p-3. The van der Waals surface area contributed by atoms with Crippen LogP contribution in [0.5, 0.6) is 17.2 Å². The fourth-order valence-electron chi connectivity index (χ4n) is 16.5. The molecule has 11 nitrogen and oxygen atoms in total. The van der Waals surface area contributed by atoms with Crippen molar-refractivity contribution in [2.45, 2.75) is 6.92 Å². The van der Waals surface area contributed by atoms with Crippen molar-refractivity contribution in [1.29, 1.82) is 0 Å². The summed E-state index contributed by atoms with van der Waals surface area (Å²) in [6, 6.07) is 150. The summed E-state index contributed by atoms with van der Waals surface area (Å²) in [6.45, 7) is 1.98. The van der Waals surface area contributed by atoms with Crippen molar-refractivity contribution in [3.63, 3.8) is 0 Å². The number of aryl methyl sites for hydroxylation is 1. The Kier molecular flexibility index (Phi) is 23.3. The van der Waals surface area contributed by atoms with E-state index in [-0.39, 0.29) is 17.1 Å². The van der Waals surface area contributed by atoms with E-state index in [2.05, 4.69) is 366 Å². The third-order valence-corrected chi connectivity index (χ3v) is 23.5. The molecule has 2 aliphatic heterocycles. The molecule has 7 heterocycles. The minimum atomic E-state index is -0.665. The Morgan fingerprint density at radius 2 is 0.624 bits per heavy atom. The molecule has 3 radical (unpaired) electrons. The Morgan fingerprint density at radius 3 is 1.07 bits per heavy atom. The van der Waals surface area contributed by atoms with Crippen LogP contribution in [0.25, 0.3) is 154 Å². The zero-order chi connectivity index (χ0) is 83.1. The summed E-state index contributed by atoms with van der Waals surface area (Å²) < 4.78 is 16.9. The first kappa shape index (κ1) is 79.8. The number of para-hydroxylation sites is 4. The maximum atomic E-state index is 5.89. The molecule has 0 unspecified atom stereocenters. The molecule has 16 aromatic carbocycles. The normalized spacial score (nSPS) is 11.0. The van der Waals surface area contributed by atoms with Crippen LogP contribution >= 0.6 is 0 Å². The van der Waals surface area contributed by atoms with Crippen LogP contribution in [0.1, 0.15) is 5.69 Å². The average Bonchev–Trinajstić information content (AvgIpc) is 1.65. The van der Waals surface area contributed by atoms with Gasteiger partial charge in [0.15, 0.2) is 0 Å². The zero-order valence-corrected chi connectivity index (χ0v) is 71.5. The number of fused-ring (bicyclic) bond motifs is 24. The van der Waals surface area contributed by atoms with Gasteiger partial charge in [-0.25, -0.2) is 15.0 Å². The van der Waals surface area contributed by atoms with Crippen LogP contribution in [0.2, 0.25) is 0 Å². The molecule has 14 heteroatoms. The maximum Gasteiger partial charge on any atom is 2.00 e. The molecule has 0 aliphatic carbocycles. The summed E-state index contributed by atoms with van der Waals surface area (Å²) in [7, 11) is 0. The fraction of sp³-hybridized carbons (Fsp3) is 0.00901. The molecule has 2 aliphatic rings. The predicted molar refractivity (Wildman–Crippen MR) is 514 cm³/mol. The largest absolute Gasteiger partial charge is 2.00 e. The van der Waals surface area contributed by atoms with Crippen molar-refractivity contribution in [2.75, 3.05) is 9.80 Å². The van der Waals surface area contributed by atoms with E-state index in [4.69, 9.17) is 31.3 Å². The Bertz CT molecular complexity index is 7170. The summed E-state index contributed by atoms with van der Waals surface area (Å²) in [4.78, 5) is 34.0. The van der Waals surface area contributed by atoms with E-state index in [1.165, 1.54) is 60.4 Å². The third-order valence-electron chi connectivity index (χ3n) is 22.5.